The van der Waals surface area contributed by atoms with Gasteiger partial charge in [0.15, 0.2) is 0 Å². The number of anilines is 2. The quantitative estimate of drug-likeness (QED) is 0.310. The monoisotopic (exact) mass is 508 g/mol. The number of amides is 1. The van der Waals surface area contributed by atoms with E-state index >= 15 is 0 Å². The molecular weight excluding hydrogens is 476 g/mol. The number of carbonyl (C=O) groups excluding carboxylic acids is 1. The lowest BCUT2D eigenvalue weighted by molar-refractivity contribution is -0.119. The van der Waals surface area contributed by atoms with Crippen LogP contribution in [0, 0.1) is 6.92 Å². The third-order valence-electron chi connectivity index (χ3n) is 5.67. The average molecular weight is 509 g/mol. The van der Waals surface area contributed by atoms with Crippen LogP contribution < -0.4 is 19.4 Å². The molecule has 0 aromatic heterocycles. The first-order valence-electron chi connectivity index (χ1n) is 11.7. The molecule has 8 nitrogen and oxygen atoms in total. The molecule has 0 bridgehead atoms. The summed E-state index contributed by atoms with van der Waals surface area (Å²) in [5.41, 5.74) is 5.53. The molecule has 0 aliphatic carbocycles. The third kappa shape index (κ3) is 6.42. The fourth-order valence-electron chi connectivity index (χ4n) is 3.68. The molecule has 0 radical (unpaired) electrons. The van der Waals surface area contributed by atoms with Crippen LogP contribution in [0.25, 0.3) is 0 Å². The van der Waals surface area contributed by atoms with Crippen LogP contribution in [-0.4, -0.2) is 47.3 Å². The highest BCUT2D eigenvalue weighted by atomic mass is 32.2. The number of ether oxygens (including phenoxy) is 1. The number of benzene rings is 3. The first-order chi connectivity index (χ1) is 17.3. The summed E-state index contributed by atoms with van der Waals surface area (Å²) in [6, 6.07) is 20.9. The zero-order valence-electron chi connectivity index (χ0n) is 21.0. The van der Waals surface area contributed by atoms with E-state index in [2.05, 4.69) is 29.3 Å². The van der Waals surface area contributed by atoms with Gasteiger partial charge < -0.3 is 9.64 Å². The fourth-order valence-corrected chi connectivity index (χ4v) is 5.11. The predicted octanol–water partition coefficient (Wildman–Crippen LogP) is 4.20. The second-order valence-corrected chi connectivity index (χ2v) is 9.92. The van der Waals surface area contributed by atoms with Crippen LogP contribution in [0.15, 0.2) is 82.8 Å². The molecule has 0 aliphatic rings. The van der Waals surface area contributed by atoms with Crippen LogP contribution >= 0.6 is 0 Å². The van der Waals surface area contributed by atoms with E-state index in [0.29, 0.717) is 5.75 Å². The van der Waals surface area contributed by atoms with E-state index in [-0.39, 0.29) is 10.6 Å². The third-order valence-corrected chi connectivity index (χ3v) is 7.45. The first kappa shape index (κ1) is 26.7. The SMILES string of the molecule is CCN(CC)c1ccc(/C=N\NC(=O)CN(c2ccccc2OC)S(=O)(=O)c2ccc(C)cc2)cc1. The van der Waals surface area contributed by atoms with Crippen molar-refractivity contribution in [1.29, 1.82) is 0 Å². The molecule has 36 heavy (non-hydrogen) atoms. The van der Waals surface area contributed by atoms with Gasteiger partial charge in [-0.2, -0.15) is 5.10 Å². The van der Waals surface area contributed by atoms with Crippen LogP contribution in [-0.2, 0) is 14.8 Å². The minimum absolute atomic E-state index is 0.0728. The zero-order chi connectivity index (χ0) is 26.1. The minimum Gasteiger partial charge on any atom is -0.495 e. The van der Waals surface area contributed by atoms with Gasteiger partial charge in [0.05, 0.1) is 23.9 Å². The Balaban J connectivity index is 1.80. The van der Waals surface area contributed by atoms with Gasteiger partial charge in [-0.1, -0.05) is 42.0 Å². The van der Waals surface area contributed by atoms with Crippen molar-refractivity contribution in [2.45, 2.75) is 25.7 Å². The Hall–Kier alpha value is -3.85. The van der Waals surface area contributed by atoms with Gasteiger partial charge >= 0.3 is 0 Å². The Morgan fingerprint density at radius 1 is 0.972 bits per heavy atom. The highest BCUT2D eigenvalue weighted by Gasteiger charge is 2.29. The minimum atomic E-state index is -4.06. The molecule has 0 unspecified atom stereocenters. The van der Waals surface area contributed by atoms with Gasteiger partial charge in [-0.05, 0) is 62.7 Å². The standard InChI is InChI=1S/C27H32N4O4S/c1-5-30(6-2)23-15-13-22(14-16-23)19-28-29-27(32)20-31(25-9-7-8-10-26(25)35-4)36(33,34)24-17-11-21(3)12-18-24/h7-19H,5-6,20H2,1-4H3,(H,29,32)/b28-19-. The van der Waals surface area contributed by atoms with Crippen LogP contribution in [0.5, 0.6) is 5.75 Å². The van der Waals surface area contributed by atoms with Crippen LogP contribution in [0.3, 0.4) is 0 Å². The van der Waals surface area contributed by atoms with Crippen molar-refractivity contribution in [2.24, 2.45) is 5.10 Å². The summed E-state index contributed by atoms with van der Waals surface area (Å²) in [5, 5.41) is 4.02. The van der Waals surface area contributed by atoms with Gasteiger partial charge in [0.25, 0.3) is 15.9 Å². The highest BCUT2D eigenvalue weighted by molar-refractivity contribution is 7.92. The number of para-hydroxylation sites is 2. The number of nitrogens with one attached hydrogen (secondary N) is 1. The molecule has 0 spiro atoms. The molecule has 3 aromatic carbocycles. The first-order valence-corrected chi connectivity index (χ1v) is 13.1. The van der Waals surface area contributed by atoms with E-state index in [4.69, 9.17) is 4.74 Å². The van der Waals surface area contributed by atoms with Crippen molar-refractivity contribution < 1.29 is 17.9 Å². The van der Waals surface area contributed by atoms with Crippen molar-refractivity contribution in [3.05, 3.63) is 83.9 Å². The molecule has 1 amide bonds. The lowest BCUT2D eigenvalue weighted by Crippen LogP contribution is -2.39. The Labute approximate surface area is 213 Å². The van der Waals surface area contributed by atoms with Gasteiger partial charge in [-0.3, -0.25) is 9.10 Å². The van der Waals surface area contributed by atoms with E-state index in [1.54, 1.807) is 36.4 Å². The molecule has 0 heterocycles. The molecule has 190 valence electrons. The number of hydrogen-bond acceptors (Lipinski definition) is 6. The molecule has 3 rings (SSSR count). The maximum atomic E-state index is 13.5. The molecule has 0 saturated carbocycles. The van der Waals surface area contributed by atoms with Gasteiger partial charge in [0, 0.05) is 18.8 Å². The summed E-state index contributed by atoms with van der Waals surface area (Å²) >= 11 is 0. The van der Waals surface area contributed by atoms with Crippen molar-refractivity contribution in [3.8, 4) is 5.75 Å². The lowest BCUT2D eigenvalue weighted by atomic mass is 10.2. The van der Waals surface area contributed by atoms with E-state index < -0.39 is 22.5 Å². The molecular formula is C27H32N4O4S. The summed E-state index contributed by atoms with van der Waals surface area (Å²) in [7, 11) is -2.61. The highest BCUT2D eigenvalue weighted by Crippen LogP contribution is 2.32. The van der Waals surface area contributed by atoms with Gasteiger partial charge in [-0.15, -0.1) is 0 Å². The zero-order valence-corrected chi connectivity index (χ0v) is 21.8. The number of nitrogens with zero attached hydrogens (tertiary/aromatic N) is 3. The molecule has 3 aromatic rings. The number of sulfonamides is 1. The molecule has 0 fully saturated rings. The summed E-state index contributed by atoms with van der Waals surface area (Å²) in [6.07, 6.45) is 1.52. The number of hydrazone groups is 1. The number of methoxy groups -OCH3 is 1. The fraction of sp³-hybridized carbons (Fsp3) is 0.259. The van der Waals surface area contributed by atoms with Gasteiger partial charge in [0.1, 0.15) is 12.3 Å². The van der Waals surface area contributed by atoms with Crippen LogP contribution in [0.1, 0.15) is 25.0 Å². The average Bonchev–Trinajstić information content (AvgIpc) is 2.89. The number of carbonyl (C=O) groups is 1. The summed E-state index contributed by atoms with van der Waals surface area (Å²) < 4.78 is 33.5. The van der Waals surface area contributed by atoms with E-state index in [0.717, 1.165) is 34.2 Å². The summed E-state index contributed by atoms with van der Waals surface area (Å²) in [4.78, 5) is 15.1. The van der Waals surface area contributed by atoms with Crippen molar-refractivity contribution in [2.75, 3.05) is 35.9 Å². The predicted molar refractivity (Wildman–Crippen MR) is 144 cm³/mol. The summed E-state index contributed by atoms with van der Waals surface area (Å²) in [5.74, 6) is -0.259. The van der Waals surface area contributed by atoms with E-state index in [9.17, 15) is 13.2 Å². The Morgan fingerprint density at radius 2 is 1.61 bits per heavy atom. The van der Waals surface area contributed by atoms with Crippen LogP contribution in [0.4, 0.5) is 11.4 Å². The molecule has 1 N–H and O–H groups in total. The van der Waals surface area contributed by atoms with Gasteiger partial charge in [0.2, 0.25) is 0 Å². The van der Waals surface area contributed by atoms with Crippen molar-refractivity contribution in [3.63, 3.8) is 0 Å². The number of rotatable bonds is 11. The molecule has 9 heteroatoms. The van der Waals surface area contributed by atoms with E-state index in [1.165, 1.54) is 25.5 Å². The van der Waals surface area contributed by atoms with Crippen molar-refractivity contribution in [1.82, 2.24) is 5.43 Å². The van der Waals surface area contributed by atoms with Gasteiger partial charge in [-0.25, -0.2) is 13.8 Å². The topological polar surface area (TPSA) is 91.3 Å². The second kappa shape index (κ2) is 12.2. The maximum absolute atomic E-state index is 13.5. The molecule has 0 atom stereocenters. The van der Waals surface area contributed by atoms with E-state index in [1.807, 2.05) is 31.2 Å². The lowest BCUT2D eigenvalue weighted by Gasteiger charge is -2.25. The molecule has 0 saturated heterocycles. The summed E-state index contributed by atoms with van der Waals surface area (Å²) in [6.45, 7) is 7.41. The van der Waals surface area contributed by atoms with Crippen molar-refractivity contribution >= 4 is 33.5 Å². The number of hydrogen-bond donors (Lipinski definition) is 1. The normalized spacial score (nSPS) is 11.3. The largest absolute Gasteiger partial charge is 0.495 e. The Bertz CT molecular complexity index is 1290. The molecule has 0 aliphatic heterocycles. The smallest absolute Gasteiger partial charge is 0.264 e. The Morgan fingerprint density at radius 3 is 2.22 bits per heavy atom. The van der Waals surface area contributed by atoms with Crippen LogP contribution in [0.2, 0.25) is 0 Å². The second-order valence-electron chi connectivity index (χ2n) is 8.05. The maximum Gasteiger partial charge on any atom is 0.264 e. The Kier molecular flexibility index (Phi) is 9.08. The number of aryl methyl sites for hydroxylation is 1.